The third-order valence-corrected chi connectivity index (χ3v) is 6.45. The summed E-state index contributed by atoms with van der Waals surface area (Å²) in [5.74, 6) is -2.43. The average Bonchev–Trinajstić information content (AvgIpc) is 3.29. The first-order chi connectivity index (χ1) is 16.3. The van der Waals surface area contributed by atoms with Gasteiger partial charge in [0.05, 0.1) is 10.6 Å². The monoisotopic (exact) mass is 560 g/mol. The van der Waals surface area contributed by atoms with E-state index in [-0.39, 0.29) is 26.4 Å². The van der Waals surface area contributed by atoms with Crippen molar-refractivity contribution in [3.05, 3.63) is 56.2 Å². The highest BCUT2D eigenvalue weighted by molar-refractivity contribution is 9.10. The standard InChI is InChI=1S/C23H31BrF2N4O3S/c1-3-19(33-14-16-17(25)12-15(24)13-18(16)26)20(21(27)31)22(34-2)29-23(32)28-8-4-5-9-30-10-6-7-11-30/h3,12-13H,4-11,14H2,1-2H3,(H2,27,31)(H2,28,29,32)/b19-3+,22-20+. The van der Waals surface area contributed by atoms with E-state index in [1.54, 1.807) is 13.2 Å². The molecule has 7 nitrogen and oxygen atoms in total. The molecule has 2 rings (SSSR count). The number of likely N-dealkylation sites (tertiary alicyclic amines) is 1. The number of rotatable bonds is 12. The van der Waals surface area contributed by atoms with Gasteiger partial charge < -0.3 is 26.0 Å². The van der Waals surface area contributed by atoms with Crippen molar-refractivity contribution in [1.29, 1.82) is 0 Å². The summed E-state index contributed by atoms with van der Waals surface area (Å²) in [7, 11) is 0. The Morgan fingerprint density at radius 1 is 1.24 bits per heavy atom. The Balaban J connectivity index is 1.99. The van der Waals surface area contributed by atoms with Gasteiger partial charge in [0, 0.05) is 11.0 Å². The van der Waals surface area contributed by atoms with Gasteiger partial charge in [0.15, 0.2) is 0 Å². The Morgan fingerprint density at radius 3 is 2.44 bits per heavy atom. The van der Waals surface area contributed by atoms with Crippen molar-refractivity contribution in [3.63, 3.8) is 0 Å². The maximum atomic E-state index is 14.1. The number of ether oxygens (including phenoxy) is 1. The number of urea groups is 1. The molecule has 1 aromatic carbocycles. The Hall–Kier alpha value is -2.11. The van der Waals surface area contributed by atoms with E-state index in [1.165, 1.54) is 18.9 Å². The highest BCUT2D eigenvalue weighted by atomic mass is 79.9. The number of nitrogens with two attached hydrogens (primary N) is 1. The van der Waals surface area contributed by atoms with Gasteiger partial charge in [-0.3, -0.25) is 4.79 Å². The first kappa shape index (κ1) is 28.1. The van der Waals surface area contributed by atoms with Crippen molar-refractivity contribution in [2.75, 3.05) is 32.4 Å². The van der Waals surface area contributed by atoms with Crippen LogP contribution in [-0.4, -0.2) is 49.3 Å². The molecule has 11 heteroatoms. The lowest BCUT2D eigenvalue weighted by atomic mass is 10.2. The van der Waals surface area contributed by atoms with Crippen molar-refractivity contribution < 1.29 is 23.1 Å². The van der Waals surface area contributed by atoms with Gasteiger partial charge in [0.1, 0.15) is 29.6 Å². The van der Waals surface area contributed by atoms with Crippen LogP contribution in [0, 0.1) is 11.6 Å². The van der Waals surface area contributed by atoms with Crippen molar-refractivity contribution in [1.82, 2.24) is 15.5 Å². The number of carbonyl (C=O) groups excluding carboxylic acids is 2. The third-order valence-electron chi connectivity index (χ3n) is 5.28. The number of carbonyl (C=O) groups is 2. The highest BCUT2D eigenvalue weighted by Crippen LogP contribution is 2.25. The minimum absolute atomic E-state index is 0.00415. The molecule has 0 atom stereocenters. The van der Waals surface area contributed by atoms with E-state index in [0.717, 1.165) is 56.4 Å². The van der Waals surface area contributed by atoms with E-state index in [4.69, 9.17) is 10.5 Å². The summed E-state index contributed by atoms with van der Waals surface area (Å²) in [6, 6.07) is 1.75. The van der Waals surface area contributed by atoms with Crippen LogP contribution in [0.4, 0.5) is 13.6 Å². The second-order valence-electron chi connectivity index (χ2n) is 7.70. The fourth-order valence-electron chi connectivity index (χ4n) is 3.54. The predicted octanol–water partition coefficient (Wildman–Crippen LogP) is 4.38. The number of thioether (sulfide) groups is 1. The van der Waals surface area contributed by atoms with E-state index < -0.39 is 30.2 Å². The van der Waals surface area contributed by atoms with E-state index in [1.807, 2.05) is 0 Å². The van der Waals surface area contributed by atoms with Crippen LogP contribution in [0.5, 0.6) is 0 Å². The molecule has 0 unspecified atom stereocenters. The van der Waals surface area contributed by atoms with Gasteiger partial charge in [0.2, 0.25) is 0 Å². The second-order valence-corrected chi connectivity index (χ2v) is 9.43. The maximum Gasteiger partial charge on any atom is 0.319 e. The van der Waals surface area contributed by atoms with Crippen LogP contribution < -0.4 is 16.4 Å². The van der Waals surface area contributed by atoms with Crippen LogP contribution in [0.25, 0.3) is 0 Å². The molecule has 1 saturated heterocycles. The summed E-state index contributed by atoms with van der Waals surface area (Å²) < 4.78 is 34.1. The van der Waals surface area contributed by atoms with Crippen LogP contribution in [0.3, 0.4) is 0 Å². The minimum Gasteiger partial charge on any atom is -0.488 e. The average molecular weight is 561 g/mol. The molecule has 34 heavy (non-hydrogen) atoms. The lowest BCUT2D eigenvalue weighted by Gasteiger charge is -2.17. The molecule has 1 aromatic rings. The number of nitrogens with one attached hydrogen (secondary N) is 2. The van der Waals surface area contributed by atoms with Gasteiger partial charge in [-0.2, -0.15) is 0 Å². The highest BCUT2D eigenvalue weighted by Gasteiger charge is 2.21. The predicted molar refractivity (Wildman–Crippen MR) is 134 cm³/mol. The first-order valence-electron chi connectivity index (χ1n) is 11.0. The van der Waals surface area contributed by atoms with Gasteiger partial charge in [-0.25, -0.2) is 13.6 Å². The number of primary amides is 1. The molecule has 0 aliphatic carbocycles. The lowest BCUT2D eigenvalue weighted by molar-refractivity contribution is -0.114. The molecule has 4 N–H and O–H groups in total. The van der Waals surface area contributed by atoms with E-state index in [0.29, 0.717) is 6.54 Å². The molecule has 0 radical (unpaired) electrons. The van der Waals surface area contributed by atoms with Crippen LogP contribution in [0.2, 0.25) is 0 Å². The maximum absolute atomic E-state index is 14.1. The number of halogens is 3. The number of hydrogen-bond acceptors (Lipinski definition) is 5. The SMILES string of the molecule is C/C=C(OCc1c(F)cc(Br)cc1F)\C(C(N)=O)=C(\NC(=O)NCCCCN1CCCC1)SC. The molecule has 0 bridgehead atoms. The molecule has 0 saturated carbocycles. The van der Waals surface area contributed by atoms with E-state index in [9.17, 15) is 18.4 Å². The normalized spacial score (nSPS) is 15.1. The molecule has 1 fully saturated rings. The molecule has 0 aromatic heterocycles. The van der Waals surface area contributed by atoms with Gasteiger partial charge in [-0.15, -0.1) is 11.8 Å². The zero-order valence-corrected chi connectivity index (χ0v) is 21.8. The zero-order valence-electron chi connectivity index (χ0n) is 19.4. The molecular formula is C23H31BrF2N4O3S. The Bertz CT molecular complexity index is 914. The Labute approximate surface area is 211 Å². The molecular weight excluding hydrogens is 530 g/mol. The van der Waals surface area contributed by atoms with Crippen molar-refractivity contribution in [2.24, 2.45) is 5.73 Å². The molecule has 3 amide bonds. The first-order valence-corrected chi connectivity index (χ1v) is 13.1. The third kappa shape index (κ3) is 8.59. The number of hydrogen-bond donors (Lipinski definition) is 3. The minimum atomic E-state index is -0.847. The molecule has 1 aliphatic rings. The van der Waals surface area contributed by atoms with Crippen LogP contribution in [0.15, 0.2) is 39.0 Å². The van der Waals surface area contributed by atoms with Gasteiger partial charge in [0.25, 0.3) is 5.91 Å². The number of amides is 3. The summed E-state index contributed by atoms with van der Waals surface area (Å²) in [6.07, 6.45) is 7.42. The Morgan fingerprint density at radius 2 is 1.88 bits per heavy atom. The summed E-state index contributed by atoms with van der Waals surface area (Å²) in [5.41, 5.74) is 5.17. The summed E-state index contributed by atoms with van der Waals surface area (Å²) >= 11 is 4.12. The summed E-state index contributed by atoms with van der Waals surface area (Å²) in [5, 5.41) is 5.57. The summed E-state index contributed by atoms with van der Waals surface area (Å²) in [6.45, 7) is 4.91. The smallest absolute Gasteiger partial charge is 0.319 e. The van der Waals surface area contributed by atoms with Crippen molar-refractivity contribution in [2.45, 2.75) is 39.2 Å². The lowest BCUT2D eigenvalue weighted by Crippen LogP contribution is -2.36. The number of benzene rings is 1. The molecule has 0 spiro atoms. The fraction of sp³-hybridized carbons (Fsp3) is 0.478. The fourth-order valence-corrected chi connectivity index (χ4v) is 4.54. The zero-order chi connectivity index (χ0) is 25.1. The largest absolute Gasteiger partial charge is 0.488 e. The van der Waals surface area contributed by atoms with E-state index >= 15 is 0 Å². The summed E-state index contributed by atoms with van der Waals surface area (Å²) in [4.78, 5) is 27.0. The second kappa shape index (κ2) is 14.3. The number of allylic oxidation sites excluding steroid dienone is 1. The Kier molecular flexibility index (Phi) is 11.9. The topological polar surface area (TPSA) is 96.7 Å². The number of unbranched alkanes of at least 4 members (excludes halogenated alkanes) is 1. The van der Waals surface area contributed by atoms with Crippen LogP contribution >= 0.6 is 27.7 Å². The van der Waals surface area contributed by atoms with Gasteiger partial charge in [-0.05, 0) is 76.7 Å². The molecule has 188 valence electrons. The van der Waals surface area contributed by atoms with Gasteiger partial charge >= 0.3 is 6.03 Å². The van der Waals surface area contributed by atoms with Crippen molar-refractivity contribution >= 4 is 39.6 Å². The number of nitrogens with zero attached hydrogens (tertiary/aromatic N) is 1. The van der Waals surface area contributed by atoms with Crippen molar-refractivity contribution in [3.8, 4) is 0 Å². The van der Waals surface area contributed by atoms with E-state index in [2.05, 4.69) is 31.5 Å². The van der Waals surface area contributed by atoms with Gasteiger partial charge in [-0.1, -0.05) is 15.9 Å². The molecule has 1 heterocycles. The quantitative estimate of drug-likeness (QED) is 0.152. The molecule has 1 aliphatic heterocycles. The van der Waals surface area contributed by atoms with Crippen LogP contribution in [0.1, 0.15) is 38.2 Å². The van der Waals surface area contributed by atoms with Crippen LogP contribution in [-0.2, 0) is 16.1 Å².